The smallest absolute Gasteiger partial charge is 0.312 e. The Labute approximate surface area is 78.8 Å². The molecule has 0 amide bonds. The van der Waals surface area contributed by atoms with Crippen molar-refractivity contribution in [3.05, 3.63) is 0 Å². The Hall–Kier alpha value is -0.570. The van der Waals surface area contributed by atoms with Gasteiger partial charge < -0.3 is 10.1 Å². The maximum atomic E-state index is 11.5. The summed E-state index contributed by atoms with van der Waals surface area (Å²) in [5, 5.41) is 3.47. The number of hydrogen-bond acceptors (Lipinski definition) is 3. The Morgan fingerprint density at radius 1 is 1.46 bits per heavy atom. The third kappa shape index (κ3) is 1.26. The molecule has 1 saturated carbocycles. The third-order valence-electron chi connectivity index (χ3n) is 3.57. The molecule has 2 aliphatic rings. The van der Waals surface area contributed by atoms with Crippen molar-refractivity contribution < 1.29 is 9.53 Å². The number of ether oxygens (including phenoxy) is 1. The zero-order valence-electron chi connectivity index (χ0n) is 8.35. The van der Waals surface area contributed by atoms with Crippen molar-refractivity contribution in [1.82, 2.24) is 5.32 Å². The maximum absolute atomic E-state index is 11.5. The normalized spacial score (nSPS) is 35.8. The summed E-state index contributed by atoms with van der Waals surface area (Å²) >= 11 is 0. The first-order valence-corrected chi connectivity index (χ1v) is 4.94. The average molecular weight is 183 g/mol. The van der Waals surface area contributed by atoms with E-state index in [4.69, 9.17) is 4.74 Å². The van der Waals surface area contributed by atoms with Crippen LogP contribution in [-0.4, -0.2) is 25.2 Å². The molecule has 1 aliphatic heterocycles. The second-order valence-corrected chi connectivity index (χ2v) is 4.72. The van der Waals surface area contributed by atoms with E-state index in [-0.39, 0.29) is 16.9 Å². The van der Waals surface area contributed by atoms with Crippen LogP contribution in [0.3, 0.4) is 0 Å². The predicted octanol–water partition coefficient (Wildman–Crippen LogP) is 1.08. The first kappa shape index (κ1) is 9.00. The van der Waals surface area contributed by atoms with E-state index in [0.717, 1.165) is 13.0 Å². The fourth-order valence-electron chi connectivity index (χ4n) is 2.60. The quantitative estimate of drug-likeness (QED) is 0.618. The van der Waals surface area contributed by atoms with Crippen LogP contribution in [0.1, 0.15) is 32.6 Å². The van der Waals surface area contributed by atoms with E-state index >= 15 is 0 Å². The molecule has 74 valence electrons. The largest absolute Gasteiger partial charge is 0.469 e. The molecular formula is C10H17NO2. The topological polar surface area (TPSA) is 38.3 Å². The summed E-state index contributed by atoms with van der Waals surface area (Å²) in [4.78, 5) is 11.5. The monoisotopic (exact) mass is 183 g/mol. The molecule has 2 rings (SSSR count). The van der Waals surface area contributed by atoms with Crippen molar-refractivity contribution in [2.75, 3.05) is 13.7 Å². The Balaban J connectivity index is 2.07. The van der Waals surface area contributed by atoms with E-state index in [2.05, 4.69) is 5.32 Å². The number of esters is 1. The summed E-state index contributed by atoms with van der Waals surface area (Å²) in [6.45, 7) is 2.78. The first-order valence-electron chi connectivity index (χ1n) is 4.94. The highest BCUT2D eigenvalue weighted by molar-refractivity contribution is 5.77. The van der Waals surface area contributed by atoms with Crippen molar-refractivity contribution in [1.29, 1.82) is 0 Å². The van der Waals surface area contributed by atoms with Crippen LogP contribution in [0.25, 0.3) is 0 Å². The van der Waals surface area contributed by atoms with E-state index < -0.39 is 0 Å². The lowest BCUT2D eigenvalue weighted by Crippen LogP contribution is -2.45. The molecule has 1 spiro atoms. The highest BCUT2D eigenvalue weighted by Crippen LogP contribution is 2.46. The number of carbonyl (C=O) groups excluding carboxylic acids is 1. The lowest BCUT2D eigenvalue weighted by atomic mass is 9.71. The molecule has 13 heavy (non-hydrogen) atoms. The van der Waals surface area contributed by atoms with Crippen LogP contribution < -0.4 is 5.32 Å². The second-order valence-electron chi connectivity index (χ2n) is 4.72. The van der Waals surface area contributed by atoms with Crippen LogP contribution in [0.4, 0.5) is 0 Å². The molecule has 0 aromatic carbocycles. The minimum atomic E-state index is -0.283. The Kier molecular flexibility index (Phi) is 1.88. The lowest BCUT2D eigenvalue weighted by Gasteiger charge is -2.39. The van der Waals surface area contributed by atoms with Crippen molar-refractivity contribution >= 4 is 5.97 Å². The minimum Gasteiger partial charge on any atom is -0.469 e. The van der Waals surface area contributed by atoms with Gasteiger partial charge >= 0.3 is 5.97 Å². The van der Waals surface area contributed by atoms with Gasteiger partial charge in [-0.2, -0.15) is 0 Å². The van der Waals surface area contributed by atoms with Gasteiger partial charge in [0, 0.05) is 12.1 Å². The number of nitrogens with one attached hydrogen (secondary N) is 1. The van der Waals surface area contributed by atoms with E-state index in [9.17, 15) is 4.79 Å². The highest BCUT2D eigenvalue weighted by atomic mass is 16.5. The molecule has 0 bridgehead atoms. The number of rotatable bonds is 1. The van der Waals surface area contributed by atoms with Crippen LogP contribution in [-0.2, 0) is 9.53 Å². The summed E-state index contributed by atoms with van der Waals surface area (Å²) in [7, 11) is 1.47. The van der Waals surface area contributed by atoms with Gasteiger partial charge in [0.1, 0.15) is 0 Å². The van der Waals surface area contributed by atoms with Gasteiger partial charge in [0.05, 0.1) is 12.5 Å². The average Bonchev–Trinajstić information content (AvgIpc) is 2.43. The predicted molar refractivity (Wildman–Crippen MR) is 49.3 cm³/mol. The minimum absolute atomic E-state index is 0.0659. The van der Waals surface area contributed by atoms with Gasteiger partial charge in [-0.1, -0.05) is 0 Å². The fourth-order valence-corrected chi connectivity index (χ4v) is 2.60. The lowest BCUT2D eigenvalue weighted by molar-refractivity contribution is -0.151. The molecule has 2 fully saturated rings. The zero-order chi connectivity index (χ0) is 9.53. The zero-order valence-corrected chi connectivity index (χ0v) is 8.35. The van der Waals surface area contributed by atoms with Crippen molar-refractivity contribution in [2.24, 2.45) is 5.41 Å². The highest BCUT2D eigenvalue weighted by Gasteiger charge is 2.52. The van der Waals surface area contributed by atoms with Crippen molar-refractivity contribution in [2.45, 2.75) is 38.1 Å². The van der Waals surface area contributed by atoms with E-state index in [1.54, 1.807) is 0 Å². The molecule has 3 nitrogen and oxygen atoms in total. The Bertz CT molecular complexity index is 235. The molecule has 0 aromatic rings. The van der Waals surface area contributed by atoms with Crippen LogP contribution in [0.5, 0.6) is 0 Å². The summed E-state index contributed by atoms with van der Waals surface area (Å²) in [5.41, 5.74) is -0.00187. The van der Waals surface area contributed by atoms with Crippen LogP contribution in [0, 0.1) is 5.41 Å². The Morgan fingerprint density at radius 3 is 2.54 bits per heavy atom. The third-order valence-corrected chi connectivity index (χ3v) is 3.57. The summed E-state index contributed by atoms with van der Waals surface area (Å²) < 4.78 is 4.82. The van der Waals surface area contributed by atoms with Crippen LogP contribution >= 0.6 is 0 Å². The van der Waals surface area contributed by atoms with Crippen molar-refractivity contribution in [3.63, 3.8) is 0 Å². The molecule has 1 unspecified atom stereocenters. The Morgan fingerprint density at radius 2 is 2.15 bits per heavy atom. The van der Waals surface area contributed by atoms with Gasteiger partial charge in [0.15, 0.2) is 0 Å². The molecule has 1 N–H and O–H groups in total. The van der Waals surface area contributed by atoms with Gasteiger partial charge in [0.2, 0.25) is 0 Å². The number of carbonyl (C=O) groups is 1. The SMILES string of the molecule is COC(=O)C1(C)CNC2(CCC2)C1. The molecular weight excluding hydrogens is 166 g/mol. The number of hydrogen-bond donors (Lipinski definition) is 1. The standard InChI is InChI=1S/C10H17NO2/c1-9(8(12)13-2)6-10(11-7-9)4-3-5-10/h11H,3-7H2,1-2H3. The van der Waals surface area contributed by atoms with E-state index in [1.165, 1.54) is 26.4 Å². The molecule has 1 atom stereocenters. The molecule has 0 radical (unpaired) electrons. The van der Waals surface area contributed by atoms with Gasteiger partial charge in [-0.15, -0.1) is 0 Å². The molecule has 1 saturated heterocycles. The van der Waals surface area contributed by atoms with Crippen LogP contribution in [0.15, 0.2) is 0 Å². The summed E-state index contributed by atoms with van der Waals surface area (Å²) in [6, 6.07) is 0. The fraction of sp³-hybridized carbons (Fsp3) is 0.900. The molecule has 3 heteroatoms. The van der Waals surface area contributed by atoms with Gasteiger partial charge in [-0.3, -0.25) is 4.79 Å². The van der Waals surface area contributed by atoms with Crippen molar-refractivity contribution in [3.8, 4) is 0 Å². The first-order chi connectivity index (χ1) is 6.10. The van der Waals surface area contributed by atoms with E-state index in [1.807, 2.05) is 6.92 Å². The van der Waals surface area contributed by atoms with Gasteiger partial charge in [-0.25, -0.2) is 0 Å². The summed E-state index contributed by atoms with van der Waals surface area (Å²) in [6.07, 6.45) is 4.69. The van der Waals surface area contributed by atoms with Gasteiger partial charge in [-0.05, 0) is 32.6 Å². The van der Waals surface area contributed by atoms with Crippen LogP contribution in [0.2, 0.25) is 0 Å². The van der Waals surface area contributed by atoms with E-state index in [0.29, 0.717) is 0 Å². The molecule has 1 heterocycles. The summed E-state index contributed by atoms with van der Waals surface area (Å²) in [5.74, 6) is -0.0659. The maximum Gasteiger partial charge on any atom is 0.312 e. The van der Waals surface area contributed by atoms with Gasteiger partial charge in [0.25, 0.3) is 0 Å². The number of methoxy groups -OCH3 is 1. The second kappa shape index (κ2) is 2.71. The molecule has 1 aliphatic carbocycles. The molecule has 0 aromatic heterocycles.